The summed E-state index contributed by atoms with van der Waals surface area (Å²) >= 11 is 0. The third kappa shape index (κ3) is 1.79. The third-order valence-electron chi connectivity index (χ3n) is 3.01. The van der Waals surface area contributed by atoms with Gasteiger partial charge in [-0.1, -0.05) is 13.3 Å². The van der Waals surface area contributed by atoms with Crippen LogP contribution < -0.4 is 0 Å². The van der Waals surface area contributed by atoms with Gasteiger partial charge in [-0.3, -0.25) is 0 Å². The van der Waals surface area contributed by atoms with E-state index in [2.05, 4.69) is 0 Å². The fourth-order valence-electron chi connectivity index (χ4n) is 2.11. The first-order valence-electron chi connectivity index (χ1n) is 5.67. The first-order valence-corrected chi connectivity index (χ1v) is 5.67. The number of aliphatic hydroxyl groups is 2. The van der Waals surface area contributed by atoms with Crippen molar-refractivity contribution in [3.63, 3.8) is 0 Å². The van der Waals surface area contributed by atoms with Crippen molar-refractivity contribution in [2.75, 3.05) is 0 Å². The van der Waals surface area contributed by atoms with E-state index in [1.165, 1.54) is 0 Å². The predicted octanol–water partition coefficient (Wildman–Crippen LogP) is 1.04. The molecular weight excluding hydrogens is 208 g/mol. The smallest absolute Gasteiger partial charge is 0.342 e. The van der Waals surface area contributed by atoms with Gasteiger partial charge < -0.3 is 14.9 Å². The van der Waals surface area contributed by atoms with Crippen molar-refractivity contribution >= 4 is 5.97 Å². The molecule has 0 aromatic heterocycles. The number of allylic oxidation sites excluding steroid dienone is 2. The van der Waals surface area contributed by atoms with Crippen LogP contribution >= 0.6 is 0 Å². The lowest BCUT2D eigenvalue weighted by molar-refractivity contribution is -0.135. The molecular formula is C12H16O4. The average Bonchev–Trinajstić information content (AvgIpc) is 2.58. The highest BCUT2D eigenvalue weighted by atomic mass is 16.5. The van der Waals surface area contributed by atoms with Crippen molar-refractivity contribution in [1.29, 1.82) is 0 Å². The van der Waals surface area contributed by atoms with E-state index in [-0.39, 0.29) is 5.57 Å². The van der Waals surface area contributed by atoms with E-state index < -0.39 is 18.2 Å². The lowest BCUT2D eigenvalue weighted by Gasteiger charge is -2.22. The van der Waals surface area contributed by atoms with Crippen LogP contribution in [0.4, 0.5) is 0 Å². The molecule has 2 aliphatic rings. The van der Waals surface area contributed by atoms with E-state index in [4.69, 9.17) is 4.74 Å². The Bertz CT molecular complexity index is 367. The lowest BCUT2D eigenvalue weighted by Crippen LogP contribution is -2.33. The van der Waals surface area contributed by atoms with E-state index in [1.807, 2.05) is 13.0 Å². The van der Waals surface area contributed by atoms with Gasteiger partial charge in [0.2, 0.25) is 0 Å². The van der Waals surface area contributed by atoms with Crippen LogP contribution in [0.1, 0.15) is 32.6 Å². The largest absolute Gasteiger partial charge is 0.423 e. The molecule has 0 saturated heterocycles. The van der Waals surface area contributed by atoms with Crippen molar-refractivity contribution in [3.05, 3.63) is 23.0 Å². The molecule has 0 radical (unpaired) electrons. The molecule has 16 heavy (non-hydrogen) atoms. The maximum absolute atomic E-state index is 11.5. The summed E-state index contributed by atoms with van der Waals surface area (Å²) in [5, 5.41) is 19.2. The molecule has 2 atom stereocenters. The maximum atomic E-state index is 11.5. The number of carbonyl (C=O) groups excluding carboxylic acids is 1. The molecule has 1 aliphatic heterocycles. The fourth-order valence-corrected chi connectivity index (χ4v) is 2.11. The first-order chi connectivity index (χ1) is 7.65. The molecule has 0 aromatic rings. The van der Waals surface area contributed by atoms with Crippen LogP contribution in [0, 0.1) is 0 Å². The Hall–Kier alpha value is -1.13. The molecule has 4 heteroatoms. The molecule has 88 valence electrons. The van der Waals surface area contributed by atoms with Crippen LogP contribution in [0.15, 0.2) is 23.0 Å². The average molecular weight is 224 g/mol. The SMILES string of the molecule is CCC/C=C1/OC(=O)C2=C1CC[C@@H](O)[C@@H]2O. The Morgan fingerprint density at radius 3 is 2.94 bits per heavy atom. The van der Waals surface area contributed by atoms with Crippen LogP contribution in [0.25, 0.3) is 0 Å². The number of aliphatic hydroxyl groups excluding tert-OH is 2. The molecule has 0 spiro atoms. The Kier molecular flexibility index (Phi) is 3.12. The molecule has 2 rings (SSSR count). The highest BCUT2D eigenvalue weighted by Crippen LogP contribution is 2.37. The quantitative estimate of drug-likeness (QED) is 0.688. The van der Waals surface area contributed by atoms with Crippen molar-refractivity contribution in [2.45, 2.75) is 44.8 Å². The summed E-state index contributed by atoms with van der Waals surface area (Å²) in [6, 6.07) is 0. The Morgan fingerprint density at radius 2 is 2.25 bits per heavy atom. The van der Waals surface area contributed by atoms with E-state index in [0.717, 1.165) is 18.4 Å². The molecule has 0 amide bonds. The van der Waals surface area contributed by atoms with Crippen LogP contribution in [-0.4, -0.2) is 28.4 Å². The van der Waals surface area contributed by atoms with Crippen LogP contribution in [-0.2, 0) is 9.53 Å². The highest BCUT2D eigenvalue weighted by Gasteiger charge is 2.40. The van der Waals surface area contributed by atoms with Gasteiger partial charge >= 0.3 is 5.97 Å². The number of ether oxygens (including phenoxy) is 1. The minimum absolute atomic E-state index is 0.251. The van der Waals surface area contributed by atoms with Crippen LogP contribution in [0.2, 0.25) is 0 Å². The maximum Gasteiger partial charge on any atom is 0.342 e. The number of hydrogen-bond donors (Lipinski definition) is 2. The van der Waals surface area contributed by atoms with Crippen molar-refractivity contribution in [3.8, 4) is 0 Å². The summed E-state index contributed by atoms with van der Waals surface area (Å²) in [4.78, 5) is 11.5. The molecule has 0 bridgehead atoms. The summed E-state index contributed by atoms with van der Waals surface area (Å²) in [6.07, 6.45) is 2.83. The second-order valence-electron chi connectivity index (χ2n) is 4.19. The van der Waals surface area contributed by atoms with Gasteiger partial charge in [0, 0.05) is 5.57 Å². The molecule has 1 heterocycles. The van der Waals surface area contributed by atoms with E-state index in [1.54, 1.807) is 0 Å². The number of rotatable bonds is 2. The summed E-state index contributed by atoms with van der Waals surface area (Å²) in [5.74, 6) is 0.0661. The molecule has 0 fully saturated rings. The number of esters is 1. The Labute approximate surface area is 94.2 Å². The minimum atomic E-state index is -1.09. The molecule has 1 aliphatic carbocycles. The van der Waals surface area contributed by atoms with Crippen LogP contribution in [0.3, 0.4) is 0 Å². The summed E-state index contributed by atoms with van der Waals surface area (Å²) in [5.41, 5.74) is 1.03. The number of cyclic esters (lactones) is 1. The molecule has 0 unspecified atom stereocenters. The van der Waals surface area contributed by atoms with Gasteiger partial charge in [0.1, 0.15) is 11.9 Å². The lowest BCUT2D eigenvalue weighted by atomic mass is 9.87. The van der Waals surface area contributed by atoms with Gasteiger partial charge in [0.05, 0.1) is 11.7 Å². The molecule has 4 nitrogen and oxygen atoms in total. The zero-order valence-electron chi connectivity index (χ0n) is 9.27. The molecule has 0 aromatic carbocycles. The number of hydrogen-bond acceptors (Lipinski definition) is 4. The highest BCUT2D eigenvalue weighted by molar-refractivity contribution is 5.96. The van der Waals surface area contributed by atoms with Gasteiger partial charge in [-0.2, -0.15) is 0 Å². The fraction of sp³-hybridized carbons (Fsp3) is 0.583. The van der Waals surface area contributed by atoms with E-state index in [0.29, 0.717) is 18.6 Å². The molecule has 2 N–H and O–H groups in total. The predicted molar refractivity (Wildman–Crippen MR) is 57.4 cm³/mol. The van der Waals surface area contributed by atoms with Crippen molar-refractivity contribution < 1.29 is 19.7 Å². The molecule has 0 saturated carbocycles. The van der Waals surface area contributed by atoms with Gasteiger partial charge in [-0.15, -0.1) is 0 Å². The van der Waals surface area contributed by atoms with Crippen LogP contribution in [0.5, 0.6) is 0 Å². The zero-order valence-corrected chi connectivity index (χ0v) is 9.27. The van der Waals surface area contributed by atoms with Gasteiger partial charge in [0.25, 0.3) is 0 Å². The second kappa shape index (κ2) is 4.39. The van der Waals surface area contributed by atoms with Gasteiger partial charge in [0.15, 0.2) is 0 Å². The standard InChI is InChI=1S/C12H16O4/c1-2-3-4-9-7-5-6-8(13)11(14)10(7)12(15)16-9/h4,8,11,13-14H,2-3,5-6H2,1H3/b9-4+/t8-,11+/m1/s1. The summed E-state index contributed by atoms with van der Waals surface area (Å²) in [6.45, 7) is 2.04. The number of unbranched alkanes of at least 4 members (excludes halogenated alkanes) is 1. The monoisotopic (exact) mass is 224 g/mol. The Morgan fingerprint density at radius 1 is 1.50 bits per heavy atom. The Balaban J connectivity index is 2.31. The van der Waals surface area contributed by atoms with Gasteiger partial charge in [-0.05, 0) is 25.3 Å². The van der Waals surface area contributed by atoms with Crippen molar-refractivity contribution in [2.24, 2.45) is 0 Å². The number of carbonyl (C=O) groups is 1. The van der Waals surface area contributed by atoms with E-state index in [9.17, 15) is 15.0 Å². The topological polar surface area (TPSA) is 66.8 Å². The second-order valence-corrected chi connectivity index (χ2v) is 4.19. The normalized spacial score (nSPS) is 31.9. The summed E-state index contributed by atoms with van der Waals surface area (Å²) in [7, 11) is 0. The minimum Gasteiger partial charge on any atom is -0.423 e. The van der Waals surface area contributed by atoms with Crippen molar-refractivity contribution in [1.82, 2.24) is 0 Å². The van der Waals surface area contributed by atoms with E-state index >= 15 is 0 Å². The van der Waals surface area contributed by atoms with Gasteiger partial charge in [-0.25, -0.2) is 4.79 Å². The first kappa shape index (κ1) is 11.4. The summed E-state index contributed by atoms with van der Waals surface area (Å²) < 4.78 is 5.11. The third-order valence-corrected chi connectivity index (χ3v) is 3.01. The zero-order chi connectivity index (χ0) is 11.7.